The van der Waals surface area contributed by atoms with Crippen molar-refractivity contribution in [1.29, 1.82) is 0 Å². The van der Waals surface area contributed by atoms with Crippen molar-refractivity contribution in [2.45, 2.75) is 97.9 Å². The maximum Gasteiger partial charge on any atom is 0.236 e. The van der Waals surface area contributed by atoms with Crippen LogP contribution in [0.25, 0.3) is 0 Å². The summed E-state index contributed by atoms with van der Waals surface area (Å²) in [7, 11) is 5.06. The fraction of sp³-hybridized carbons (Fsp3) is 0.846. The lowest BCUT2D eigenvalue weighted by Gasteiger charge is -2.39. The zero-order valence-corrected chi connectivity index (χ0v) is 22.7. The number of nitrogens with two attached hydrogens (primary N) is 1. The molecule has 0 aromatic carbocycles. The summed E-state index contributed by atoms with van der Waals surface area (Å²) in [5.41, 5.74) is 6.64. The van der Waals surface area contributed by atoms with Crippen LogP contribution in [0.15, 0.2) is 12.2 Å². The predicted molar refractivity (Wildman–Crippen MR) is 136 cm³/mol. The van der Waals surface area contributed by atoms with Gasteiger partial charge in [-0.2, -0.15) is 0 Å². The van der Waals surface area contributed by atoms with Crippen LogP contribution in [0, 0.1) is 11.8 Å². The molecule has 7 nitrogen and oxygen atoms in total. The van der Waals surface area contributed by atoms with E-state index in [9.17, 15) is 9.59 Å². The summed E-state index contributed by atoms with van der Waals surface area (Å²) >= 11 is 0. The second kappa shape index (κ2) is 16.2. The molecule has 0 aliphatic carbocycles. The quantitative estimate of drug-likeness (QED) is 0.439. The molecule has 1 aliphatic rings. The Bertz CT molecular complexity index is 598. The van der Waals surface area contributed by atoms with Crippen LogP contribution in [0.1, 0.15) is 73.6 Å². The molecule has 1 saturated heterocycles. The highest BCUT2D eigenvalue weighted by molar-refractivity contribution is 5.79. The zero-order chi connectivity index (χ0) is 25.7. The number of likely N-dealkylation sites (tertiary alicyclic amines) is 1. The van der Waals surface area contributed by atoms with Gasteiger partial charge >= 0.3 is 0 Å². The Hall–Kier alpha value is -1.44. The van der Waals surface area contributed by atoms with E-state index in [4.69, 9.17) is 15.2 Å². The van der Waals surface area contributed by atoms with E-state index in [0.717, 1.165) is 24.8 Å². The van der Waals surface area contributed by atoms with Crippen molar-refractivity contribution in [3.8, 4) is 0 Å². The van der Waals surface area contributed by atoms with Crippen molar-refractivity contribution >= 4 is 11.8 Å². The van der Waals surface area contributed by atoms with E-state index >= 15 is 0 Å². The number of methoxy groups -OCH3 is 2. The summed E-state index contributed by atoms with van der Waals surface area (Å²) < 4.78 is 11.6. The molecule has 0 aromatic heterocycles. The largest absolute Gasteiger partial charge is 0.379 e. The first-order valence-corrected chi connectivity index (χ1v) is 12.5. The predicted octanol–water partition coefficient (Wildman–Crippen LogP) is 3.86. The van der Waals surface area contributed by atoms with Gasteiger partial charge in [-0.15, -0.1) is 0 Å². The summed E-state index contributed by atoms with van der Waals surface area (Å²) in [5.74, 6) is 0.228. The first-order chi connectivity index (χ1) is 15.6. The number of ether oxygens (including phenoxy) is 2. The minimum atomic E-state index is -0.395. The molecule has 7 heteroatoms. The third-order valence-electron chi connectivity index (χ3n) is 6.84. The summed E-state index contributed by atoms with van der Waals surface area (Å²) in [4.78, 5) is 29.2. The van der Waals surface area contributed by atoms with E-state index in [2.05, 4.69) is 41.2 Å². The highest BCUT2D eigenvalue weighted by Crippen LogP contribution is 2.30. The Morgan fingerprint density at radius 1 is 1.18 bits per heavy atom. The maximum atomic E-state index is 13.4. The standard InChI is InChI=1S/C23H43N3O4.C3H8/c1-9-16(4)22(25(6)21(28)14-24)19(29-7)13-20(27)26-12-10-11-18(26)23(30-8)17(5)15(2)3;1-3-2/h16-19,22-23H,2,9-14,24H2,1,3-8H3;3H2,1-2H3. The van der Waals surface area contributed by atoms with Gasteiger partial charge in [-0.25, -0.2) is 0 Å². The van der Waals surface area contributed by atoms with Gasteiger partial charge in [0.05, 0.1) is 37.3 Å². The number of amides is 2. The summed E-state index contributed by atoms with van der Waals surface area (Å²) in [5, 5.41) is 0. The summed E-state index contributed by atoms with van der Waals surface area (Å²) in [6.07, 6.45) is 3.74. The fourth-order valence-electron chi connectivity index (χ4n) is 4.60. The topological polar surface area (TPSA) is 85.1 Å². The van der Waals surface area contributed by atoms with Gasteiger partial charge < -0.3 is 25.0 Å². The highest BCUT2D eigenvalue weighted by atomic mass is 16.5. The molecule has 194 valence electrons. The van der Waals surface area contributed by atoms with E-state index in [1.165, 1.54) is 6.42 Å². The van der Waals surface area contributed by atoms with Crippen molar-refractivity contribution < 1.29 is 19.1 Å². The molecule has 2 amide bonds. The monoisotopic (exact) mass is 469 g/mol. The smallest absolute Gasteiger partial charge is 0.236 e. The molecule has 1 aliphatic heterocycles. The summed E-state index contributed by atoms with van der Waals surface area (Å²) in [6, 6.07) is -0.189. The number of hydrogen-bond donors (Lipinski definition) is 1. The lowest BCUT2D eigenvalue weighted by Crippen LogP contribution is -2.53. The van der Waals surface area contributed by atoms with Crippen LogP contribution < -0.4 is 5.73 Å². The Morgan fingerprint density at radius 3 is 2.18 bits per heavy atom. The molecule has 0 bridgehead atoms. The van der Waals surface area contributed by atoms with Crippen LogP contribution in [-0.4, -0.2) is 80.3 Å². The Balaban J connectivity index is 0.00000322. The molecule has 33 heavy (non-hydrogen) atoms. The van der Waals surface area contributed by atoms with Crippen LogP contribution in [0.3, 0.4) is 0 Å². The average Bonchev–Trinajstić information content (AvgIpc) is 3.27. The number of rotatable bonds is 12. The van der Waals surface area contributed by atoms with E-state index in [0.29, 0.717) is 6.54 Å². The average molecular weight is 470 g/mol. The second-order valence-electron chi connectivity index (χ2n) is 9.40. The number of carbonyl (C=O) groups is 2. The number of nitrogens with zero attached hydrogens (tertiary/aromatic N) is 2. The van der Waals surface area contributed by atoms with Crippen LogP contribution in [0.5, 0.6) is 0 Å². The Kier molecular flexibility index (Phi) is 15.5. The summed E-state index contributed by atoms with van der Waals surface area (Å²) in [6.45, 7) is 17.2. The normalized spacial score (nSPS) is 20.2. The van der Waals surface area contributed by atoms with Gasteiger partial charge in [0.2, 0.25) is 11.8 Å². The lowest BCUT2D eigenvalue weighted by molar-refractivity contribution is -0.143. The van der Waals surface area contributed by atoms with Gasteiger partial charge in [0.15, 0.2) is 0 Å². The zero-order valence-electron chi connectivity index (χ0n) is 22.7. The molecule has 0 radical (unpaired) electrons. The van der Waals surface area contributed by atoms with Gasteiger partial charge in [-0.3, -0.25) is 9.59 Å². The first-order valence-electron chi connectivity index (χ1n) is 12.5. The fourth-order valence-corrected chi connectivity index (χ4v) is 4.60. The van der Waals surface area contributed by atoms with Crippen LogP contribution >= 0.6 is 0 Å². The number of hydrogen-bond acceptors (Lipinski definition) is 5. The minimum Gasteiger partial charge on any atom is -0.379 e. The molecule has 0 saturated carbocycles. The van der Waals surface area contributed by atoms with E-state index < -0.39 is 6.10 Å². The van der Waals surface area contributed by atoms with Crippen LogP contribution in [-0.2, 0) is 19.1 Å². The van der Waals surface area contributed by atoms with Crippen molar-refractivity contribution in [3.63, 3.8) is 0 Å². The van der Waals surface area contributed by atoms with Gasteiger partial charge in [-0.05, 0) is 25.7 Å². The van der Waals surface area contributed by atoms with Crippen molar-refractivity contribution in [1.82, 2.24) is 9.80 Å². The SMILES string of the molecule is C=C(C)C(C)C(OC)C1CCCN1C(=O)CC(OC)C(C(C)CC)N(C)C(=O)CN.CCC. The molecule has 1 heterocycles. The third-order valence-corrected chi connectivity index (χ3v) is 6.84. The molecule has 6 atom stereocenters. The van der Waals surface area contributed by atoms with Crippen molar-refractivity contribution in [2.24, 2.45) is 17.6 Å². The third kappa shape index (κ3) is 9.02. The molecule has 2 N–H and O–H groups in total. The molecule has 1 fully saturated rings. The Morgan fingerprint density at radius 2 is 1.76 bits per heavy atom. The van der Waals surface area contributed by atoms with E-state index in [1.54, 1.807) is 26.2 Å². The molecular weight excluding hydrogens is 418 g/mol. The molecule has 0 spiro atoms. The molecular formula is C26H51N3O4. The highest BCUT2D eigenvalue weighted by Gasteiger charge is 2.40. The van der Waals surface area contributed by atoms with Gasteiger partial charge in [-0.1, -0.05) is 59.6 Å². The van der Waals surface area contributed by atoms with Gasteiger partial charge in [0, 0.05) is 33.7 Å². The van der Waals surface area contributed by atoms with Gasteiger partial charge in [0.1, 0.15) is 0 Å². The minimum absolute atomic E-state index is 0.0251. The number of carbonyl (C=O) groups excluding carboxylic acids is 2. The van der Waals surface area contributed by atoms with Gasteiger partial charge in [0.25, 0.3) is 0 Å². The molecule has 1 rings (SSSR count). The lowest BCUT2D eigenvalue weighted by atomic mass is 9.89. The Labute approximate surface area is 203 Å². The van der Waals surface area contributed by atoms with Crippen molar-refractivity contribution in [3.05, 3.63) is 12.2 Å². The van der Waals surface area contributed by atoms with E-state index in [-0.39, 0.29) is 54.8 Å². The second-order valence-corrected chi connectivity index (χ2v) is 9.40. The molecule has 0 aromatic rings. The van der Waals surface area contributed by atoms with Crippen LogP contribution in [0.2, 0.25) is 0 Å². The molecule has 6 unspecified atom stereocenters. The van der Waals surface area contributed by atoms with Crippen LogP contribution in [0.4, 0.5) is 0 Å². The first kappa shape index (κ1) is 31.6. The van der Waals surface area contributed by atoms with Crippen molar-refractivity contribution in [2.75, 3.05) is 34.4 Å². The van der Waals surface area contributed by atoms with E-state index in [1.807, 2.05) is 11.8 Å². The number of likely N-dealkylation sites (N-methyl/N-ethyl adjacent to an activating group) is 1. The maximum absolute atomic E-state index is 13.4.